The first-order valence-corrected chi connectivity index (χ1v) is 6.48. The molecule has 1 N–H and O–H groups in total. The lowest BCUT2D eigenvalue weighted by atomic mass is 10.1. The predicted octanol–water partition coefficient (Wildman–Crippen LogP) is 2.14. The Labute approximate surface area is 112 Å². The van der Waals surface area contributed by atoms with Crippen LogP contribution in [0.2, 0.25) is 0 Å². The van der Waals surface area contributed by atoms with Gasteiger partial charge in [0.05, 0.1) is 5.69 Å². The molecule has 1 aromatic heterocycles. The van der Waals surface area contributed by atoms with Crippen LogP contribution in [0.3, 0.4) is 0 Å². The number of hydrogen-bond donors (Lipinski definition) is 1. The molecule has 0 amide bonds. The van der Waals surface area contributed by atoms with Crippen LogP contribution in [0.25, 0.3) is 11.4 Å². The number of aryl methyl sites for hydroxylation is 2. The lowest BCUT2D eigenvalue weighted by Gasteiger charge is -2.18. The average Bonchev–Trinajstić information content (AvgIpc) is 2.81. The summed E-state index contributed by atoms with van der Waals surface area (Å²) in [6, 6.07) is 8.54. The second-order valence-electron chi connectivity index (χ2n) is 4.97. The molecule has 0 saturated carbocycles. The molecule has 0 radical (unpaired) electrons. The van der Waals surface area contributed by atoms with E-state index in [0.29, 0.717) is 5.69 Å². The van der Waals surface area contributed by atoms with E-state index in [0.717, 1.165) is 36.7 Å². The first-order chi connectivity index (χ1) is 9.20. The van der Waals surface area contributed by atoms with Crippen molar-refractivity contribution in [3.05, 3.63) is 40.7 Å². The van der Waals surface area contributed by atoms with Crippen LogP contribution in [0, 0.1) is 25.2 Å². The molecule has 19 heavy (non-hydrogen) atoms. The molecule has 2 heterocycles. The van der Waals surface area contributed by atoms with Crippen molar-refractivity contribution in [2.24, 2.45) is 0 Å². The van der Waals surface area contributed by atoms with Gasteiger partial charge in [0.15, 0.2) is 5.69 Å². The second kappa shape index (κ2) is 4.52. The van der Waals surface area contributed by atoms with Crippen molar-refractivity contribution in [1.82, 2.24) is 14.9 Å². The molecule has 4 heteroatoms. The maximum Gasteiger partial charge on any atom is 0.163 e. The molecule has 1 aliphatic rings. The number of benzene rings is 1. The summed E-state index contributed by atoms with van der Waals surface area (Å²) < 4.78 is 2.17. The lowest BCUT2D eigenvalue weighted by Crippen LogP contribution is -2.28. The maximum atomic E-state index is 9.20. The van der Waals surface area contributed by atoms with Gasteiger partial charge in [-0.3, -0.25) is 0 Å². The summed E-state index contributed by atoms with van der Waals surface area (Å²) in [6.07, 6.45) is 0. The fraction of sp³-hybridized carbons (Fsp3) is 0.333. The van der Waals surface area contributed by atoms with Crippen molar-refractivity contribution in [1.29, 1.82) is 5.26 Å². The Kier molecular flexibility index (Phi) is 2.84. The Morgan fingerprint density at radius 3 is 2.89 bits per heavy atom. The molecule has 0 saturated heterocycles. The minimum absolute atomic E-state index is 0.542. The number of imidazole rings is 1. The minimum Gasteiger partial charge on any atom is -0.324 e. The highest BCUT2D eigenvalue weighted by atomic mass is 15.2. The van der Waals surface area contributed by atoms with Gasteiger partial charge in [-0.25, -0.2) is 4.98 Å². The average molecular weight is 252 g/mol. The third kappa shape index (κ3) is 1.92. The summed E-state index contributed by atoms with van der Waals surface area (Å²) >= 11 is 0. The topological polar surface area (TPSA) is 53.6 Å². The van der Waals surface area contributed by atoms with E-state index in [1.54, 1.807) is 0 Å². The molecule has 0 bridgehead atoms. The first-order valence-electron chi connectivity index (χ1n) is 6.48. The highest BCUT2D eigenvalue weighted by Gasteiger charge is 2.20. The van der Waals surface area contributed by atoms with Crippen LogP contribution in [0.5, 0.6) is 0 Å². The molecule has 0 unspecified atom stereocenters. The summed E-state index contributed by atoms with van der Waals surface area (Å²) in [7, 11) is 0. The summed E-state index contributed by atoms with van der Waals surface area (Å²) in [6.45, 7) is 6.72. The Morgan fingerprint density at radius 2 is 2.16 bits per heavy atom. The van der Waals surface area contributed by atoms with Gasteiger partial charge >= 0.3 is 0 Å². The Bertz CT molecular complexity index is 676. The summed E-state index contributed by atoms with van der Waals surface area (Å²) in [5, 5.41) is 12.5. The molecule has 4 nitrogen and oxygen atoms in total. The van der Waals surface area contributed by atoms with Gasteiger partial charge in [-0.05, 0) is 31.0 Å². The van der Waals surface area contributed by atoms with Gasteiger partial charge in [0.25, 0.3) is 0 Å². The highest BCUT2D eigenvalue weighted by molar-refractivity contribution is 5.60. The number of fused-ring (bicyclic) bond motifs is 1. The van der Waals surface area contributed by atoms with Gasteiger partial charge in [-0.2, -0.15) is 5.26 Å². The smallest absolute Gasteiger partial charge is 0.163 e. The molecule has 2 aromatic rings. The van der Waals surface area contributed by atoms with Gasteiger partial charge in [0, 0.05) is 25.2 Å². The van der Waals surface area contributed by atoms with Crippen LogP contribution >= 0.6 is 0 Å². The second-order valence-corrected chi connectivity index (χ2v) is 4.97. The number of nitrogens with zero attached hydrogens (tertiary/aromatic N) is 3. The molecular weight excluding hydrogens is 236 g/mol. The van der Waals surface area contributed by atoms with Crippen LogP contribution in [0.1, 0.15) is 22.5 Å². The van der Waals surface area contributed by atoms with E-state index in [9.17, 15) is 5.26 Å². The standard InChI is InChI=1S/C15H16N4/c1-10-3-4-12(7-11(10)2)15-18-13(8-16)14-9-17-5-6-19(14)15/h3-4,7,17H,5-6,9H2,1-2H3. The van der Waals surface area contributed by atoms with Crippen LogP contribution in [-0.4, -0.2) is 16.1 Å². The van der Waals surface area contributed by atoms with Crippen molar-refractivity contribution in [2.45, 2.75) is 26.9 Å². The van der Waals surface area contributed by atoms with Crippen LogP contribution in [0.4, 0.5) is 0 Å². The summed E-state index contributed by atoms with van der Waals surface area (Å²) in [5.41, 5.74) is 5.16. The summed E-state index contributed by atoms with van der Waals surface area (Å²) in [5.74, 6) is 0.913. The summed E-state index contributed by atoms with van der Waals surface area (Å²) in [4.78, 5) is 4.51. The van der Waals surface area contributed by atoms with E-state index in [4.69, 9.17) is 0 Å². The third-order valence-electron chi connectivity index (χ3n) is 3.75. The Morgan fingerprint density at radius 1 is 1.32 bits per heavy atom. The molecule has 0 fully saturated rings. The largest absolute Gasteiger partial charge is 0.324 e. The van der Waals surface area contributed by atoms with E-state index in [1.165, 1.54) is 11.1 Å². The molecule has 96 valence electrons. The molecular formula is C15H16N4. The molecule has 3 rings (SSSR count). The van der Waals surface area contributed by atoms with Crippen LogP contribution in [0.15, 0.2) is 18.2 Å². The zero-order chi connectivity index (χ0) is 13.4. The normalized spacial score (nSPS) is 13.9. The number of hydrogen-bond acceptors (Lipinski definition) is 3. The van der Waals surface area contributed by atoms with Crippen molar-refractivity contribution < 1.29 is 0 Å². The van der Waals surface area contributed by atoms with E-state index in [1.807, 2.05) is 0 Å². The Balaban J connectivity index is 2.17. The zero-order valence-corrected chi connectivity index (χ0v) is 11.2. The molecule has 1 aliphatic heterocycles. The van der Waals surface area contributed by atoms with Gasteiger partial charge in [0.2, 0.25) is 0 Å². The van der Waals surface area contributed by atoms with Crippen LogP contribution in [-0.2, 0) is 13.1 Å². The number of rotatable bonds is 1. The van der Waals surface area contributed by atoms with Crippen molar-refractivity contribution >= 4 is 0 Å². The Hall–Kier alpha value is -2.12. The molecule has 0 atom stereocenters. The number of nitriles is 1. The number of nitrogens with one attached hydrogen (secondary N) is 1. The quantitative estimate of drug-likeness (QED) is 0.846. The molecule has 0 spiro atoms. The van der Waals surface area contributed by atoms with E-state index < -0.39 is 0 Å². The van der Waals surface area contributed by atoms with Gasteiger partial charge in [-0.15, -0.1) is 0 Å². The highest BCUT2D eigenvalue weighted by Crippen LogP contribution is 2.25. The molecule has 1 aromatic carbocycles. The van der Waals surface area contributed by atoms with E-state index in [-0.39, 0.29) is 0 Å². The van der Waals surface area contributed by atoms with E-state index >= 15 is 0 Å². The van der Waals surface area contributed by atoms with Crippen molar-refractivity contribution in [3.8, 4) is 17.5 Å². The van der Waals surface area contributed by atoms with Crippen molar-refractivity contribution in [3.63, 3.8) is 0 Å². The van der Waals surface area contributed by atoms with Crippen LogP contribution < -0.4 is 5.32 Å². The maximum absolute atomic E-state index is 9.20. The third-order valence-corrected chi connectivity index (χ3v) is 3.75. The first kappa shape index (κ1) is 11.9. The fourth-order valence-electron chi connectivity index (χ4n) is 2.49. The van der Waals surface area contributed by atoms with Gasteiger partial charge in [0.1, 0.15) is 11.9 Å². The van der Waals surface area contributed by atoms with Crippen molar-refractivity contribution in [2.75, 3.05) is 6.54 Å². The monoisotopic (exact) mass is 252 g/mol. The predicted molar refractivity (Wildman–Crippen MR) is 73.6 cm³/mol. The minimum atomic E-state index is 0.542. The van der Waals surface area contributed by atoms with E-state index in [2.05, 4.69) is 53.0 Å². The SMILES string of the molecule is Cc1ccc(-c2nc(C#N)c3n2CCNC3)cc1C. The van der Waals surface area contributed by atoms with Gasteiger partial charge in [-0.1, -0.05) is 12.1 Å². The van der Waals surface area contributed by atoms with Gasteiger partial charge < -0.3 is 9.88 Å². The zero-order valence-electron chi connectivity index (χ0n) is 11.2. The number of aromatic nitrogens is 2. The lowest BCUT2D eigenvalue weighted by molar-refractivity contribution is 0.519. The fourth-order valence-corrected chi connectivity index (χ4v) is 2.49. The molecule has 0 aliphatic carbocycles.